The molecule has 0 radical (unpaired) electrons. The van der Waals surface area contributed by atoms with Crippen LogP contribution in [0, 0.1) is 11.8 Å². The van der Waals surface area contributed by atoms with Crippen molar-refractivity contribution in [1.29, 1.82) is 0 Å². The molecule has 0 aliphatic rings. The SMILES string of the molecule is CCCCc1cccc(C(=O)NNC(=O)C(C)CCCCCC(CC)C(=O)NNC(=O)c2cccc(CCCC)c2O)c1O. The molecule has 2 rings (SSSR count). The predicted molar refractivity (Wildman–Crippen MR) is 171 cm³/mol. The monoisotopic (exact) mass is 610 g/mol. The highest BCUT2D eigenvalue weighted by atomic mass is 16.3. The van der Waals surface area contributed by atoms with Crippen molar-refractivity contribution in [3.8, 4) is 11.5 Å². The standard InChI is InChI=1S/C34H50N4O6/c1-5-8-16-25-19-13-21-27(29(25)39)33(43)37-35-31(41)23(4)15-11-10-12-18-24(7-3)32(42)36-38-34(44)28-22-14-20-26(30(28)40)17-9-6-2/h13-14,19-24,39-40H,5-12,15-18H2,1-4H3,(H,35,41)(H,36,42)(H,37,43)(H,38,44). The van der Waals surface area contributed by atoms with Crippen molar-refractivity contribution < 1.29 is 29.4 Å². The number of phenolic OH excluding ortho intramolecular Hbond substituents is 2. The summed E-state index contributed by atoms with van der Waals surface area (Å²) >= 11 is 0. The lowest BCUT2D eigenvalue weighted by Crippen LogP contribution is -2.44. The van der Waals surface area contributed by atoms with Gasteiger partial charge in [-0.2, -0.15) is 0 Å². The number of hydrogen-bond donors (Lipinski definition) is 6. The molecule has 10 nitrogen and oxygen atoms in total. The van der Waals surface area contributed by atoms with Gasteiger partial charge >= 0.3 is 0 Å². The smallest absolute Gasteiger partial charge is 0.273 e. The van der Waals surface area contributed by atoms with Gasteiger partial charge in [-0.25, -0.2) is 0 Å². The van der Waals surface area contributed by atoms with E-state index in [0.717, 1.165) is 44.9 Å². The van der Waals surface area contributed by atoms with Gasteiger partial charge in [0.05, 0.1) is 11.1 Å². The summed E-state index contributed by atoms with van der Waals surface area (Å²) in [6.07, 6.45) is 9.31. The van der Waals surface area contributed by atoms with E-state index in [9.17, 15) is 29.4 Å². The Labute approximate surface area is 261 Å². The number of unbranched alkanes of at least 4 members (excludes halogenated alkanes) is 4. The zero-order valence-electron chi connectivity index (χ0n) is 26.6. The highest BCUT2D eigenvalue weighted by Gasteiger charge is 2.20. The van der Waals surface area contributed by atoms with Crippen LogP contribution >= 0.6 is 0 Å². The van der Waals surface area contributed by atoms with E-state index in [-0.39, 0.29) is 46.3 Å². The molecule has 0 aliphatic heterocycles. The topological polar surface area (TPSA) is 157 Å². The molecule has 0 saturated carbocycles. The summed E-state index contributed by atoms with van der Waals surface area (Å²) in [5.74, 6) is -2.48. The molecule has 0 spiro atoms. The van der Waals surface area contributed by atoms with Gasteiger partial charge in [-0.15, -0.1) is 0 Å². The Balaban J connectivity index is 1.71. The zero-order valence-corrected chi connectivity index (χ0v) is 26.6. The number of hydrazine groups is 2. The second-order valence-electron chi connectivity index (χ2n) is 11.4. The van der Waals surface area contributed by atoms with Gasteiger partial charge in [0.15, 0.2) is 0 Å². The summed E-state index contributed by atoms with van der Waals surface area (Å²) in [5.41, 5.74) is 11.4. The summed E-state index contributed by atoms with van der Waals surface area (Å²) in [6, 6.07) is 10.1. The molecule has 242 valence electrons. The molecule has 44 heavy (non-hydrogen) atoms. The van der Waals surface area contributed by atoms with Gasteiger partial charge in [-0.3, -0.25) is 40.9 Å². The Morgan fingerprint density at radius 1 is 0.636 bits per heavy atom. The number of benzene rings is 2. The lowest BCUT2D eigenvalue weighted by atomic mass is 9.96. The number of para-hydroxylation sites is 2. The van der Waals surface area contributed by atoms with Crippen molar-refractivity contribution in [3.05, 3.63) is 58.7 Å². The minimum absolute atomic E-state index is 0.0584. The molecule has 6 N–H and O–H groups in total. The molecule has 0 saturated heterocycles. The van der Waals surface area contributed by atoms with Crippen LogP contribution in [0.4, 0.5) is 0 Å². The van der Waals surface area contributed by atoms with Gasteiger partial charge in [0, 0.05) is 11.8 Å². The van der Waals surface area contributed by atoms with Crippen LogP contribution in [0.25, 0.3) is 0 Å². The molecule has 2 atom stereocenters. The van der Waals surface area contributed by atoms with E-state index in [1.807, 2.05) is 6.92 Å². The minimum Gasteiger partial charge on any atom is -0.507 e. The highest BCUT2D eigenvalue weighted by molar-refractivity contribution is 5.99. The van der Waals surface area contributed by atoms with Crippen LogP contribution in [0.1, 0.15) is 124 Å². The summed E-state index contributed by atoms with van der Waals surface area (Å²) < 4.78 is 0. The number of hydrogen-bond acceptors (Lipinski definition) is 6. The third kappa shape index (κ3) is 11.2. The van der Waals surface area contributed by atoms with Crippen LogP contribution in [0.2, 0.25) is 0 Å². The normalized spacial score (nSPS) is 12.2. The molecule has 0 aliphatic carbocycles. The van der Waals surface area contributed by atoms with E-state index in [1.54, 1.807) is 31.2 Å². The van der Waals surface area contributed by atoms with Gasteiger partial charge in [-0.05, 0) is 68.2 Å². The van der Waals surface area contributed by atoms with Gasteiger partial charge in [-0.1, -0.05) is 84.1 Å². The molecule has 0 bridgehead atoms. The van der Waals surface area contributed by atoms with Crippen LogP contribution in [0.15, 0.2) is 36.4 Å². The number of amides is 4. The van der Waals surface area contributed by atoms with E-state index in [0.29, 0.717) is 43.2 Å². The van der Waals surface area contributed by atoms with Crippen LogP contribution in [0.5, 0.6) is 11.5 Å². The van der Waals surface area contributed by atoms with Crippen molar-refractivity contribution in [1.82, 2.24) is 21.7 Å². The largest absolute Gasteiger partial charge is 0.507 e. The molecule has 0 heterocycles. The molecule has 0 aromatic heterocycles. The van der Waals surface area contributed by atoms with E-state index in [4.69, 9.17) is 0 Å². The molecule has 4 amide bonds. The average molecular weight is 611 g/mol. The quantitative estimate of drug-likeness (QED) is 0.101. The van der Waals surface area contributed by atoms with Gasteiger partial charge < -0.3 is 10.2 Å². The fraction of sp³-hybridized carbons (Fsp3) is 0.529. The third-order valence-electron chi connectivity index (χ3n) is 7.93. The maximum absolute atomic E-state index is 12.7. The summed E-state index contributed by atoms with van der Waals surface area (Å²) in [5, 5.41) is 20.9. The van der Waals surface area contributed by atoms with Crippen molar-refractivity contribution >= 4 is 23.6 Å². The molecule has 2 aromatic carbocycles. The van der Waals surface area contributed by atoms with Crippen molar-refractivity contribution in [2.24, 2.45) is 11.8 Å². The van der Waals surface area contributed by atoms with Gasteiger partial charge in [0.1, 0.15) is 11.5 Å². The molecule has 2 aromatic rings. The number of aryl methyl sites for hydroxylation is 2. The first-order chi connectivity index (χ1) is 21.1. The van der Waals surface area contributed by atoms with Crippen LogP contribution in [-0.4, -0.2) is 33.8 Å². The number of phenols is 2. The van der Waals surface area contributed by atoms with Crippen LogP contribution in [-0.2, 0) is 22.4 Å². The molecule has 10 heteroatoms. The number of carbonyl (C=O) groups excluding carboxylic acids is 4. The Morgan fingerprint density at radius 2 is 1.11 bits per heavy atom. The summed E-state index contributed by atoms with van der Waals surface area (Å²) in [7, 11) is 0. The Kier molecular flexibility index (Phi) is 15.8. The Hall–Kier alpha value is -4.08. The Bertz CT molecular complexity index is 1250. The van der Waals surface area contributed by atoms with Crippen LogP contribution < -0.4 is 21.7 Å². The molecular formula is C34H50N4O6. The molecule has 0 fully saturated rings. The van der Waals surface area contributed by atoms with E-state index in [1.165, 1.54) is 12.1 Å². The number of aromatic hydroxyl groups is 2. The van der Waals surface area contributed by atoms with Crippen molar-refractivity contribution in [3.63, 3.8) is 0 Å². The second-order valence-corrected chi connectivity index (χ2v) is 11.4. The Morgan fingerprint density at radius 3 is 1.59 bits per heavy atom. The first-order valence-corrected chi connectivity index (χ1v) is 16.0. The fourth-order valence-electron chi connectivity index (χ4n) is 4.95. The first-order valence-electron chi connectivity index (χ1n) is 16.0. The van der Waals surface area contributed by atoms with E-state index < -0.39 is 11.8 Å². The van der Waals surface area contributed by atoms with E-state index >= 15 is 0 Å². The van der Waals surface area contributed by atoms with Gasteiger partial charge in [0.2, 0.25) is 11.8 Å². The maximum atomic E-state index is 12.7. The van der Waals surface area contributed by atoms with Crippen molar-refractivity contribution in [2.75, 3.05) is 0 Å². The van der Waals surface area contributed by atoms with Gasteiger partial charge in [0.25, 0.3) is 11.8 Å². The minimum atomic E-state index is -0.571. The second kappa shape index (κ2) is 19.2. The van der Waals surface area contributed by atoms with E-state index in [2.05, 4.69) is 35.6 Å². The number of nitrogens with one attached hydrogen (secondary N) is 4. The summed E-state index contributed by atoms with van der Waals surface area (Å²) in [6.45, 7) is 7.81. The summed E-state index contributed by atoms with van der Waals surface area (Å²) in [4.78, 5) is 50.3. The third-order valence-corrected chi connectivity index (χ3v) is 7.93. The lowest BCUT2D eigenvalue weighted by molar-refractivity contribution is -0.126. The number of carbonyl (C=O) groups is 4. The lowest BCUT2D eigenvalue weighted by Gasteiger charge is -2.17. The average Bonchev–Trinajstić information content (AvgIpc) is 3.02. The van der Waals surface area contributed by atoms with Crippen LogP contribution in [0.3, 0.4) is 0 Å². The highest BCUT2D eigenvalue weighted by Crippen LogP contribution is 2.25. The molecule has 2 unspecified atom stereocenters. The molecular weight excluding hydrogens is 560 g/mol. The zero-order chi connectivity index (χ0) is 32.5. The van der Waals surface area contributed by atoms with Crippen molar-refractivity contribution in [2.45, 2.75) is 105 Å². The number of rotatable bonds is 17. The first kappa shape index (κ1) is 36.1. The maximum Gasteiger partial charge on any atom is 0.273 e. The predicted octanol–water partition coefficient (Wildman–Crippen LogP) is 5.62. The fourth-order valence-corrected chi connectivity index (χ4v) is 4.95.